The molecule has 2 aromatic rings. The number of benzene rings is 2. The number of carbonyl (C=O) groups excluding carboxylic acids is 2. The lowest BCUT2D eigenvalue weighted by Crippen LogP contribution is -2.39. The van der Waals surface area contributed by atoms with Crippen LogP contribution in [0.3, 0.4) is 0 Å². The number of hydrogen-bond acceptors (Lipinski definition) is 3. The molecule has 1 saturated heterocycles. The Kier molecular flexibility index (Phi) is 6.13. The number of nitrogens with zero attached hydrogens (tertiary/aromatic N) is 1. The zero-order valence-electron chi connectivity index (χ0n) is 16.7. The van der Waals surface area contributed by atoms with Crippen LogP contribution >= 0.6 is 0 Å². The normalized spacial score (nSPS) is 21.8. The summed E-state index contributed by atoms with van der Waals surface area (Å²) in [6.07, 6.45) is 5.74. The molecule has 2 aromatic carbocycles. The molecule has 0 unspecified atom stereocenters. The van der Waals surface area contributed by atoms with Crippen LogP contribution in [0.4, 0.5) is 5.69 Å². The molecule has 0 bridgehead atoms. The van der Waals surface area contributed by atoms with Crippen LogP contribution in [0.5, 0.6) is 5.75 Å². The van der Waals surface area contributed by atoms with Crippen molar-refractivity contribution in [3.63, 3.8) is 0 Å². The predicted octanol–water partition coefficient (Wildman–Crippen LogP) is 4.03. The van der Waals surface area contributed by atoms with E-state index in [0.717, 1.165) is 44.3 Å². The van der Waals surface area contributed by atoms with Crippen LogP contribution in [0.15, 0.2) is 54.6 Å². The van der Waals surface area contributed by atoms with E-state index in [1.54, 1.807) is 4.90 Å². The van der Waals surface area contributed by atoms with Gasteiger partial charge in [-0.15, -0.1) is 0 Å². The van der Waals surface area contributed by atoms with Gasteiger partial charge in [-0.1, -0.05) is 30.3 Å². The highest BCUT2D eigenvalue weighted by atomic mass is 16.5. The van der Waals surface area contributed by atoms with Gasteiger partial charge >= 0.3 is 0 Å². The summed E-state index contributed by atoms with van der Waals surface area (Å²) < 4.78 is 5.63. The van der Waals surface area contributed by atoms with E-state index in [2.05, 4.69) is 35.6 Å². The molecule has 0 atom stereocenters. The first kappa shape index (κ1) is 19.5. The minimum atomic E-state index is -0.0769. The topological polar surface area (TPSA) is 58.6 Å². The molecule has 0 spiro atoms. The van der Waals surface area contributed by atoms with Gasteiger partial charge in [-0.05, 0) is 67.9 Å². The summed E-state index contributed by atoms with van der Waals surface area (Å²) >= 11 is 0. The van der Waals surface area contributed by atoms with E-state index in [-0.39, 0.29) is 24.5 Å². The van der Waals surface area contributed by atoms with Crippen molar-refractivity contribution >= 4 is 17.5 Å². The van der Waals surface area contributed by atoms with E-state index in [1.807, 2.05) is 24.3 Å². The maximum Gasteiger partial charge on any atom is 0.258 e. The third-order valence-corrected chi connectivity index (χ3v) is 5.96. The van der Waals surface area contributed by atoms with Gasteiger partial charge in [0.15, 0.2) is 6.61 Å². The minimum absolute atomic E-state index is 0.0145. The third kappa shape index (κ3) is 4.97. The molecule has 2 aliphatic rings. The number of ether oxygens (including phenoxy) is 1. The molecular formula is C24H28N2O3. The molecule has 0 aromatic heterocycles. The Bertz CT molecular complexity index is 827. The highest BCUT2D eigenvalue weighted by molar-refractivity contribution is 5.95. The first-order valence-corrected chi connectivity index (χ1v) is 10.6. The van der Waals surface area contributed by atoms with Gasteiger partial charge in [-0.3, -0.25) is 9.59 Å². The molecule has 5 heteroatoms. The molecule has 1 N–H and O–H groups in total. The van der Waals surface area contributed by atoms with E-state index >= 15 is 0 Å². The smallest absolute Gasteiger partial charge is 0.258 e. The Morgan fingerprint density at radius 3 is 2.38 bits per heavy atom. The first-order valence-electron chi connectivity index (χ1n) is 10.6. The Labute approximate surface area is 172 Å². The van der Waals surface area contributed by atoms with Crippen LogP contribution in [-0.2, 0) is 9.59 Å². The standard InChI is InChI=1S/C24H28N2O3/c27-23(25-20-10-8-19(9-11-20)18-5-2-1-3-6-18)17-29-22-14-12-21(13-15-22)26-16-4-7-24(26)28/h1-3,5-6,12-15,19-20H,4,7-11,16-17H2,(H,25,27). The highest BCUT2D eigenvalue weighted by Crippen LogP contribution is 2.32. The van der Waals surface area contributed by atoms with Gasteiger partial charge in [0.2, 0.25) is 5.91 Å². The van der Waals surface area contributed by atoms with Gasteiger partial charge in [0.05, 0.1) is 0 Å². The monoisotopic (exact) mass is 392 g/mol. The van der Waals surface area contributed by atoms with Gasteiger partial charge in [0.25, 0.3) is 5.91 Å². The average Bonchev–Trinajstić information content (AvgIpc) is 3.20. The van der Waals surface area contributed by atoms with Crippen LogP contribution in [-0.4, -0.2) is 31.0 Å². The molecule has 4 rings (SSSR count). The predicted molar refractivity (Wildman–Crippen MR) is 113 cm³/mol. The molecule has 1 aliphatic carbocycles. The van der Waals surface area contributed by atoms with Crippen molar-refractivity contribution in [2.24, 2.45) is 0 Å². The van der Waals surface area contributed by atoms with Gasteiger partial charge < -0.3 is 15.0 Å². The number of rotatable bonds is 6. The Hall–Kier alpha value is -2.82. The second kappa shape index (κ2) is 9.12. The summed E-state index contributed by atoms with van der Waals surface area (Å²) in [5.74, 6) is 1.33. The molecule has 2 fully saturated rings. The summed E-state index contributed by atoms with van der Waals surface area (Å²) in [4.78, 5) is 25.9. The number of hydrogen-bond donors (Lipinski definition) is 1. The van der Waals surface area contributed by atoms with Crippen LogP contribution in [0.1, 0.15) is 50.0 Å². The summed E-state index contributed by atoms with van der Waals surface area (Å²) in [6, 6.07) is 18.3. The number of amides is 2. The molecule has 1 heterocycles. The van der Waals surface area contributed by atoms with Crippen molar-refractivity contribution in [1.82, 2.24) is 5.32 Å². The minimum Gasteiger partial charge on any atom is -0.484 e. The molecule has 2 amide bonds. The number of anilines is 1. The molecule has 152 valence electrons. The maximum atomic E-state index is 12.3. The quantitative estimate of drug-likeness (QED) is 0.807. The van der Waals surface area contributed by atoms with E-state index in [4.69, 9.17) is 4.74 Å². The molecule has 1 aliphatic heterocycles. The van der Waals surface area contributed by atoms with Gasteiger partial charge in [-0.2, -0.15) is 0 Å². The van der Waals surface area contributed by atoms with Crippen molar-refractivity contribution in [1.29, 1.82) is 0 Å². The fraction of sp³-hybridized carbons (Fsp3) is 0.417. The zero-order chi connectivity index (χ0) is 20.1. The van der Waals surface area contributed by atoms with Crippen molar-refractivity contribution in [2.75, 3.05) is 18.1 Å². The zero-order valence-corrected chi connectivity index (χ0v) is 16.7. The van der Waals surface area contributed by atoms with Crippen molar-refractivity contribution in [2.45, 2.75) is 50.5 Å². The van der Waals surface area contributed by atoms with Crippen LogP contribution in [0, 0.1) is 0 Å². The lowest BCUT2D eigenvalue weighted by atomic mass is 9.82. The molecule has 5 nitrogen and oxygen atoms in total. The summed E-state index contributed by atoms with van der Waals surface area (Å²) in [7, 11) is 0. The molecular weight excluding hydrogens is 364 g/mol. The Morgan fingerprint density at radius 2 is 1.72 bits per heavy atom. The van der Waals surface area contributed by atoms with Crippen molar-refractivity contribution in [3.8, 4) is 5.75 Å². The van der Waals surface area contributed by atoms with Crippen molar-refractivity contribution in [3.05, 3.63) is 60.2 Å². The lowest BCUT2D eigenvalue weighted by Gasteiger charge is -2.29. The third-order valence-electron chi connectivity index (χ3n) is 5.96. The number of nitrogens with one attached hydrogen (secondary N) is 1. The maximum absolute atomic E-state index is 12.3. The van der Waals surface area contributed by atoms with Crippen LogP contribution < -0.4 is 15.0 Å². The van der Waals surface area contributed by atoms with Gasteiger partial charge in [0.1, 0.15) is 5.75 Å². The summed E-state index contributed by atoms with van der Waals surface area (Å²) in [5, 5.41) is 3.11. The highest BCUT2D eigenvalue weighted by Gasteiger charge is 2.24. The molecule has 1 saturated carbocycles. The summed E-state index contributed by atoms with van der Waals surface area (Å²) in [5.41, 5.74) is 2.29. The van der Waals surface area contributed by atoms with Crippen molar-refractivity contribution < 1.29 is 14.3 Å². The number of carbonyl (C=O) groups is 2. The second-order valence-corrected chi connectivity index (χ2v) is 7.96. The first-order chi connectivity index (χ1) is 14.2. The van der Waals surface area contributed by atoms with E-state index in [1.165, 1.54) is 5.56 Å². The largest absolute Gasteiger partial charge is 0.484 e. The van der Waals surface area contributed by atoms with E-state index in [0.29, 0.717) is 18.1 Å². The van der Waals surface area contributed by atoms with Gasteiger partial charge in [0, 0.05) is 24.7 Å². The lowest BCUT2D eigenvalue weighted by molar-refractivity contribution is -0.124. The molecule has 29 heavy (non-hydrogen) atoms. The SMILES string of the molecule is O=C(COc1ccc(N2CCCC2=O)cc1)NC1CCC(c2ccccc2)CC1. The van der Waals surface area contributed by atoms with Crippen LogP contribution in [0.25, 0.3) is 0 Å². The Morgan fingerprint density at radius 1 is 1.00 bits per heavy atom. The van der Waals surface area contributed by atoms with E-state index in [9.17, 15) is 9.59 Å². The fourth-order valence-corrected chi connectivity index (χ4v) is 4.36. The fourth-order valence-electron chi connectivity index (χ4n) is 4.36. The Balaban J connectivity index is 1.20. The average molecular weight is 392 g/mol. The second-order valence-electron chi connectivity index (χ2n) is 7.96. The van der Waals surface area contributed by atoms with Gasteiger partial charge in [-0.25, -0.2) is 0 Å². The van der Waals surface area contributed by atoms with Crippen LogP contribution in [0.2, 0.25) is 0 Å². The molecule has 0 radical (unpaired) electrons. The summed E-state index contributed by atoms with van der Waals surface area (Å²) in [6.45, 7) is 0.786. The van der Waals surface area contributed by atoms with E-state index < -0.39 is 0 Å².